The second kappa shape index (κ2) is 3.41. The molecule has 4 fully saturated rings. The van der Waals surface area contributed by atoms with E-state index in [4.69, 9.17) is 14.2 Å². The first-order valence-corrected chi connectivity index (χ1v) is 7.24. The smallest absolute Gasteiger partial charge is 0.336 e. The molecular weight excluding hydrogens is 244 g/mol. The number of hydrogen-bond acceptors (Lipinski definition) is 4. The van der Waals surface area contributed by atoms with Crippen molar-refractivity contribution in [1.29, 1.82) is 0 Å². The second-order valence-electron chi connectivity index (χ2n) is 6.72. The Hall–Kier alpha value is -0.870. The van der Waals surface area contributed by atoms with E-state index in [1.54, 1.807) is 0 Å². The van der Waals surface area contributed by atoms with Crippen molar-refractivity contribution in [2.24, 2.45) is 17.8 Å². The number of carbonyl (C=O) groups is 1. The summed E-state index contributed by atoms with van der Waals surface area (Å²) >= 11 is 0. The number of carbonyl (C=O) groups excluding carboxylic acids is 1. The molecule has 0 N–H and O–H groups in total. The molecule has 4 heteroatoms. The molecule has 0 unspecified atom stereocenters. The molecule has 1 aliphatic carbocycles. The summed E-state index contributed by atoms with van der Waals surface area (Å²) in [6, 6.07) is 0. The van der Waals surface area contributed by atoms with E-state index in [1.807, 2.05) is 6.92 Å². The Morgan fingerprint density at radius 2 is 2.11 bits per heavy atom. The molecule has 3 aliphatic heterocycles. The monoisotopic (exact) mass is 264 g/mol. The third-order valence-corrected chi connectivity index (χ3v) is 5.65. The van der Waals surface area contributed by atoms with Crippen molar-refractivity contribution in [2.45, 2.75) is 57.2 Å². The van der Waals surface area contributed by atoms with Gasteiger partial charge in [-0.05, 0) is 38.0 Å². The van der Waals surface area contributed by atoms with E-state index in [2.05, 4.69) is 13.5 Å². The standard InChI is InChI=1S/C15H20O4/c1-8-4-5-11-9(2)12(16)17-13-15(11)10(8)6-7-14(3,18-13)19-15/h8,10-11,13H,2,4-7H2,1,3H3/t8-,10+,11+,13-,14+,15-/m1/s1. The lowest BCUT2D eigenvalue weighted by Gasteiger charge is -2.54. The van der Waals surface area contributed by atoms with Gasteiger partial charge in [-0.25, -0.2) is 4.79 Å². The largest absolute Gasteiger partial charge is 0.429 e. The molecule has 4 aliphatic rings. The highest BCUT2D eigenvalue weighted by atomic mass is 16.8. The Morgan fingerprint density at radius 1 is 1.32 bits per heavy atom. The maximum atomic E-state index is 12.0. The normalized spacial score (nSPS) is 55.7. The van der Waals surface area contributed by atoms with Gasteiger partial charge in [0.05, 0.1) is 0 Å². The zero-order valence-electron chi connectivity index (χ0n) is 11.5. The van der Waals surface area contributed by atoms with E-state index in [1.165, 1.54) is 0 Å². The Balaban J connectivity index is 1.86. The van der Waals surface area contributed by atoms with Crippen LogP contribution in [0.25, 0.3) is 0 Å². The topological polar surface area (TPSA) is 44.8 Å². The van der Waals surface area contributed by atoms with Crippen LogP contribution in [-0.2, 0) is 19.0 Å². The van der Waals surface area contributed by atoms with Crippen molar-refractivity contribution in [3.05, 3.63) is 12.2 Å². The molecular formula is C15H20O4. The predicted octanol–water partition coefficient (Wildman–Crippen LogP) is 2.38. The first-order valence-electron chi connectivity index (χ1n) is 7.24. The summed E-state index contributed by atoms with van der Waals surface area (Å²) in [6.45, 7) is 8.19. The molecule has 1 spiro atoms. The molecule has 0 amide bonds. The highest BCUT2D eigenvalue weighted by Gasteiger charge is 2.71. The number of ether oxygens (including phenoxy) is 3. The maximum Gasteiger partial charge on any atom is 0.336 e. The fourth-order valence-corrected chi connectivity index (χ4v) is 4.73. The lowest BCUT2D eigenvalue weighted by atomic mass is 9.58. The summed E-state index contributed by atoms with van der Waals surface area (Å²) in [7, 11) is 0. The van der Waals surface area contributed by atoms with E-state index >= 15 is 0 Å². The molecule has 0 aromatic heterocycles. The van der Waals surface area contributed by atoms with Crippen LogP contribution in [-0.4, -0.2) is 23.6 Å². The Labute approximate surface area is 113 Å². The van der Waals surface area contributed by atoms with Crippen LogP contribution in [0.3, 0.4) is 0 Å². The Morgan fingerprint density at radius 3 is 2.89 bits per heavy atom. The highest BCUT2D eigenvalue weighted by Crippen LogP contribution is 2.62. The van der Waals surface area contributed by atoms with Crippen molar-refractivity contribution in [3.63, 3.8) is 0 Å². The van der Waals surface area contributed by atoms with Crippen molar-refractivity contribution in [3.8, 4) is 0 Å². The van der Waals surface area contributed by atoms with Gasteiger partial charge in [-0.1, -0.05) is 13.5 Å². The summed E-state index contributed by atoms with van der Waals surface area (Å²) in [5.74, 6) is 0.128. The molecule has 4 nitrogen and oxygen atoms in total. The maximum absolute atomic E-state index is 12.0. The second-order valence-corrected chi connectivity index (χ2v) is 6.72. The molecule has 0 aromatic rings. The number of esters is 1. The van der Waals surface area contributed by atoms with Crippen molar-refractivity contribution >= 4 is 5.97 Å². The molecule has 4 rings (SSSR count). The van der Waals surface area contributed by atoms with Gasteiger partial charge in [0.2, 0.25) is 6.29 Å². The molecule has 0 radical (unpaired) electrons. The molecule has 3 heterocycles. The van der Waals surface area contributed by atoms with Gasteiger partial charge in [-0.2, -0.15) is 0 Å². The molecule has 1 saturated carbocycles. The van der Waals surface area contributed by atoms with Crippen LogP contribution >= 0.6 is 0 Å². The third-order valence-electron chi connectivity index (χ3n) is 5.65. The van der Waals surface area contributed by atoms with Gasteiger partial charge in [-0.15, -0.1) is 0 Å². The fraction of sp³-hybridized carbons (Fsp3) is 0.800. The Kier molecular flexibility index (Phi) is 2.14. The van der Waals surface area contributed by atoms with Gasteiger partial charge in [-0.3, -0.25) is 0 Å². The molecule has 6 atom stereocenters. The number of rotatable bonds is 0. The van der Waals surface area contributed by atoms with Gasteiger partial charge in [0.25, 0.3) is 0 Å². The van der Waals surface area contributed by atoms with Gasteiger partial charge < -0.3 is 14.2 Å². The minimum Gasteiger partial charge on any atom is -0.429 e. The van der Waals surface area contributed by atoms with Crippen molar-refractivity contribution in [1.82, 2.24) is 0 Å². The number of fused-ring (bicyclic) bond motifs is 1. The summed E-state index contributed by atoms with van der Waals surface area (Å²) in [6.07, 6.45) is 3.47. The van der Waals surface area contributed by atoms with E-state index in [-0.39, 0.29) is 11.9 Å². The van der Waals surface area contributed by atoms with Gasteiger partial charge in [0, 0.05) is 17.9 Å². The first kappa shape index (κ1) is 11.9. The Bertz CT molecular complexity index is 473. The van der Waals surface area contributed by atoms with Crippen molar-refractivity contribution < 1.29 is 19.0 Å². The molecule has 3 saturated heterocycles. The predicted molar refractivity (Wildman–Crippen MR) is 66.9 cm³/mol. The fourth-order valence-electron chi connectivity index (χ4n) is 4.73. The van der Waals surface area contributed by atoms with Crippen LogP contribution in [0.15, 0.2) is 12.2 Å². The molecule has 2 bridgehead atoms. The van der Waals surface area contributed by atoms with Gasteiger partial charge in [0.15, 0.2) is 5.79 Å². The first-order chi connectivity index (χ1) is 8.96. The third kappa shape index (κ3) is 1.29. The minimum atomic E-state index is -0.596. The zero-order chi connectivity index (χ0) is 13.4. The van der Waals surface area contributed by atoms with Crippen LogP contribution in [0.5, 0.6) is 0 Å². The lowest BCUT2D eigenvalue weighted by Crippen LogP contribution is -2.63. The lowest BCUT2D eigenvalue weighted by molar-refractivity contribution is -0.245. The summed E-state index contributed by atoms with van der Waals surface area (Å²) < 4.78 is 17.8. The molecule has 19 heavy (non-hydrogen) atoms. The van der Waals surface area contributed by atoms with Crippen LogP contribution in [0, 0.1) is 17.8 Å². The van der Waals surface area contributed by atoms with E-state index in [0.29, 0.717) is 17.4 Å². The minimum absolute atomic E-state index is 0.0575. The molecule has 0 aromatic carbocycles. The summed E-state index contributed by atoms with van der Waals surface area (Å²) in [4.78, 5) is 12.0. The highest BCUT2D eigenvalue weighted by molar-refractivity contribution is 5.90. The van der Waals surface area contributed by atoms with Gasteiger partial charge in [0.1, 0.15) is 5.60 Å². The number of hydrogen-bond donors (Lipinski definition) is 0. The zero-order valence-corrected chi connectivity index (χ0v) is 11.5. The van der Waals surface area contributed by atoms with Crippen LogP contribution in [0.4, 0.5) is 0 Å². The van der Waals surface area contributed by atoms with Crippen LogP contribution < -0.4 is 0 Å². The van der Waals surface area contributed by atoms with Crippen molar-refractivity contribution in [2.75, 3.05) is 0 Å². The van der Waals surface area contributed by atoms with E-state index in [0.717, 1.165) is 25.7 Å². The quantitative estimate of drug-likeness (QED) is 0.498. The van der Waals surface area contributed by atoms with Crippen LogP contribution in [0.1, 0.15) is 39.5 Å². The summed E-state index contributed by atoms with van der Waals surface area (Å²) in [5, 5.41) is 0. The average molecular weight is 264 g/mol. The van der Waals surface area contributed by atoms with E-state index < -0.39 is 17.7 Å². The SMILES string of the molecule is C=C1C(=O)O[C@@H]2O[C@]3(C)CC[C@H]4[C@H](C)CC[C@@H]1[C@@]24O3. The molecule has 104 valence electrons. The summed E-state index contributed by atoms with van der Waals surface area (Å²) in [5.41, 5.74) is 0.0956. The average Bonchev–Trinajstić information content (AvgIpc) is 2.56. The van der Waals surface area contributed by atoms with E-state index in [9.17, 15) is 4.79 Å². The van der Waals surface area contributed by atoms with Gasteiger partial charge >= 0.3 is 5.97 Å². The van der Waals surface area contributed by atoms with Crippen LogP contribution in [0.2, 0.25) is 0 Å².